The Kier molecular flexibility index (Phi) is 5.48. The third-order valence-electron chi connectivity index (χ3n) is 2.46. The number of unbranched alkanes of at least 4 members (excludes halogenated alkanes) is 1. The molecule has 0 aliphatic heterocycles. The normalized spacial score (nSPS) is 10.1. The highest BCUT2D eigenvalue weighted by molar-refractivity contribution is 9.10. The summed E-state index contributed by atoms with van der Waals surface area (Å²) in [6.07, 6.45) is 3.41. The zero-order valence-corrected chi connectivity index (χ0v) is 12.1. The number of nitrogens with one attached hydrogen (secondary N) is 2. The lowest BCUT2D eigenvalue weighted by Crippen LogP contribution is -1.99. The van der Waals surface area contributed by atoms with Crippen molar-refractivity contribution in [2.24, 2.45) is 0 Å². The number of aromatic amines is 2. The summed E-state index contributed by atoms with van der Waals surface area (Å²) in [7, 11) is 0. The summed E-state index contributed by atoms with van der Waals surface area (Å²) in [6, 6.07) is 4.11. The first-order valence-electron chi connectivity index (χ1n) is 6.11. The van der Waals surface area contributed by atoms with Gasteiger partial charge in [0.2, 0.25) is 0 Å². The quantitative estimate of drug-likeness (QED) is 0.884. The minimum atomic E-state index is -0.154. The molecule has 4 heteroatoms. The lowest BCUT2D eigenvalue weighted by Gasteiger charge is -2.01. The molecule has 0 unspecified atom stereocenters. The molecule has 0 bridgehead atoms. The standard InChI is InChI=1S/C11H13BrN2O.C2H6/c1-2-3-4-7-5-8(12)10-9(6-7)13-11(15)14-10;1-2/h5-6H,2-4H2,1H3,(H2,13,14,15);1-2H3. The molecule has 0 saturated carbocycles. The van der Waals surface area contributed by atoms with Gasteiger partial charge < -0.3 is 9.97 Å². The maximum atomic E-state index is 11.1. The molecule has 2 rings (SSSR count). The first-order valence-corrected chi connectivity index (χ1v) is 6.90. The van der Waals surface area contributed by atoms with Gasteiger partial charge in [-0.05, 0) is 46.5 Å². The molecular formula is C13H19BrN2O. The van der Waals surface area contributed by atoms with Crippen LogP contribution in [0.2, 0.25) is 0 Å². The predicted octanol–water partition coefficient (Wildman–Crippen LogP) is 3.99. The topological polar surface area (TPSA) is 48.6 Å². The summed E-state index contributed by atoms with van der Waals surface area (Å²) in [5, 5.41) is 0. The average molecular weight is 299 g/mol. The molecule has 3 nitrogen and oxygen atoms in total. The average Bonchev–Trinajstić information content (AvgIpc) is 2.70. The predicted molar refractivity (Wildman–Crippen MR) is 76.6 cm³/mol. The van der Waals surface area contributed by atoms with Gasteiger partial charge in [0.15, 0.2) is 0 Å². The van der Waals surface area contributed by atoms with Crippen LogP contribution in [0, 0.1) is 0 Å². The second kappa shape index (κ2) is 6.64. The van der Waals surface area contributed by atoms with Crippen molar-refractivity contribution in [3.8, 4) is 0 Å². The highest BCUT2D eigenvalue weighted by Gasteiger charge is 2.04. The fourth-order valence-electron chi connectivity index (χ4n) is 1.68. The van der Waals surface area contributed by atoms with E-state index in [4.69, 9.17) is 0 Å². The summed E-state index contributed by atoms with van der Waals surface area (Å²) < 4.78 is 0.949. The number of benzene rings is 1. The zero-order chi connectivity index (χ0) is 12.8. The number of hydrogen-bond donors (Lipinski definition) is 2. The molecule has 0 aliphatic carbocycles. The van der Waals surface area contributed by atoms with Gasteiger partial charge in [-0.2, -0.15) is 0 Å². The Labute approximate surface area is 110 Å². The zero-order valence-electron chi connectivity index (χ0n) is 10.6. The van der Waals surface area contributed by atoms with Gasteiger partial charge in [0.1, 0.15) is 0 Å². The molecule has 0 aliphatic rings. The molecule has 17 heavy (non-hydrogen) atoms. The van der Waals surface area contributed by atoms with Crippen molar-refractivity contribution < 1.29 is 0 Å². The van der Waals surface area contributed by atoms with Gasteiger partial charge in [-0.3, -0.25) is 0 Å². The highest BCUT2D eigenvalue weighted by Crippen LogP contribution is 2.22. The van der Waals surface area contributed by atoms with E-state index in [1.807, 2.05) is 19.9 Å². The Morgan fingerprint density at radius 1 is 1.24 bits per heavy atom. The molecule has 0 amide bonds. The van der Waals surface area contributed by atoms with Gasteiger partial charge in [0.05, 0.1) is 11.0 Å². The van der Waals surface area contributed by atoms with Crippen LogP contribution in [0.3, 0.4) is 0 Å². The molecule has 2 aromatic rings. The largest absolute Gasteiger partial charge is 0.323 e. The van der Waals surface area contributed by atoms with Crippen LogP contribution in [0.15, 0.2) is 21.4 Å². The molecule has 2 N–H and O–H groups in total. The van der Waals surface area contributed by atoms with E-state index in [1.165, 1.54) is 18.4 Å². The van der Waals surface area contributed by atoms with Crippen molar-refractivity contribution in [2.75, 3.05) is 0 Å². The Morgan fingerprint density at radius 2 is 1.94 bits per heavy atom. The van der Waals surface area contributed by atoms with E-state index in [-0.39, 0.29) is 5.69 Å². The SMILES string of the molecule is CC.CCCCc1cc(Br)c2[nH]c(=O)[nH]c2c1. The molecule has 1 heterocycles. The van der Waals surface area contributed by atoms with Crippen molar-refractivity contribution in [1.29, 1.82) is 0 Å². The van der Waals surface area contributed by atoms with Gasteiger partial charge in [-0.25, -0.2) is 4.79 Å². The van der Waals surface area contributed by atoms with Gasteiger partial charge in [0, 0.05) is 4.47 Å². The maximum Gasteiger partial charge on any atom is 0.323 e. The smallest absolute Gasteiger partial charge is 0.306 e. The second-order valence-corrected chi connectivity index (χ2v) is 4.54. The van der Waals surface area contributed by atoms with Crippen LogP contribution in [-0.4, -0.2) is 9.97 Å². The maximum absolute atomic E-state index is 11.1. The molecule has 0 radical (unpaired) electrons. The van der Waals surface area contributed by atoms with Crippen LogP contribution in [0.1, 0.15) is 39.2 Å². The van der Waals surface area contributed by atoms with E-state index in [0.29, 0.717) is 0 Å². The summed E-state index contributed by atoms with van der Waals surface area (Å²) in [4.78, 5) is 16.7. The Morgan fingerprint density at radius 3 is 2.59 bits per heavy atom. The van der Waals surface area contributed by atoms with E-state index >= 15 is 0 Å². The number of hydrogen-bond acceptors (Lipinski definition) is 1. The summed E-state index contributed by atoms with van der Waals surface area (Å²) in [5.41, 5.74) is 2.82. The molecule has 0 fully saturated rings. The van der Waals surface area contributed by atoms with Crippen LogP contribution in [0.4, 0.5) is 0 Å². The van der Waals surface area contributed by atoms with Crippen molar-refractivity contribution in [2.45, 2.75) is 40.0 Å². The van der Waals surface area contributed by atoms with Gasteiger partial charge >= 0.3 is 5.69 Å². The fourth-order valence-corrected chi connectivity index (χ4v) is 2.29. The molecule has 1 aromatic heterocycles. The number of aromatic nitrogens is 2. The molecular weight excluding hydrogens is 280 g/mol. The summed E-state index contributed by atoms with van der Waals surface area (Å²) in [6.45, 7) is 6.17. The first kappa shape index (κ1) is 14.0. The third kappa shape index (κ3) is 3.46. The molecule has 0 atom stereocenters. The Bertz CT molecular complexity index is 528. The van der Waals surface area contributed by atoms with E-state index in [2.05, 4.69) is 38.9 Å². The molecule has 0 spiro atoms. The van der Waals surface area contributed by atoms with Crippen LogP contribution < -0.4 is 5.69 Å². The molecule has 0 saturated heterocycles. The Hall–Kier alpha value is -1.03. The van der Waals surface area contributed by atoms with Crippen molar-refractivity contribution in [3.05, 3.63) is 32.7 Å². The van der Waals surface area contributed by atoms with E-state index < -0.39 is 0 Å². The summed E-state index contributed by atoms with van der Waals surface area (Å²) >= 11 is 3.46. The number of aryl methyl sites for hydroxylation is 1. The van der Waals surface area contributed by atoms with Gasteiger partial charge in [0.25, 0.3) is 0 Å². The van der Waals surface area contributed by atoms with Crippen LogP contribution in [-0.2, 0) is 6.42 Å². The van der Waals surface area contributed by atoms with E-state index in [1.54, 1.807) is 0 Å². The highest BCUT2D eigenvalue weighted by atomic mass is 79.9. The number of imidazole rings is 1. The lowest BCUT2D eigenvalue weighted by atomic mass is 10.1. The fraction of sp³-hybridized carbons (Fsp3) is 0.462. The minimum Gasteiger partial charge on any atom is -0.306 e. The Balaban J connectivity index is 0.000000686. The van der Waals surface area contributed by atoms with Crippen LogP contribution in [0.5, 0.6) is 0 Å². The van der Waals surface area contributed by atoms with Crippen molar-refractivity contribution >= 4 is 27.0 Å². The minimum absolute atomic E-state index is 0.154. The van der Waals surface area contributed by atoms with Crippen LogP contribution >= 0.6 is 15.9 Å². The number of halogens is 1. The number of H-pyrrole nitrogens is 2. The number of fused-ring (bicyclic) bond motifs is 1. The number of rotatable bonds is 3. The van der Waals surface area contributed by atoms with E-state index in [0.717, 1.165) is 21.9 Å². The molecule has 1 aromatic carbocycles. The monoisotopic (exact) mass is 298 g/mol. The van der Waals surface area contributed by atoms with E-state index in [9.17, 15) is 4.79 Å². The van der Waals surface area contributed by atoms with Crippen LogP contribution in [0.25, 0.3) is 11.0 Å². The van der Waals surface area contributed by atoms with Gasteiger partial charge in [-0.1, -0.05) is 27.2 Å². The second-order valence-electron chi connectivity index (χ2n) is 3.68. The van der Waals surface area contributed by atoms with Gasteiger partial charge in [-0.15, -0.1) is 0 Å². The lowest BCUT2D eigenvalue weighted by molar-refractivity contribution is 0.795. The van der Waals surface area contributed by atoms with Crippen molar-refractivity contribution in [1.82, 2.24) is 9.97 Å². The van der Waals surface area contributed by atoms with Crippen molar-refractivity contribution in [3.63, 3.8) is 0 Å². The molecule has 94 valence electrons. The summed E-state index contributed by atoms with van der Waals surface area (Å²) in [5.74, 6) is 0. The third-order valence-corrected chi connectivity index (χ3v) is 3.08. The first-order chi connectivity index (χ1) is 8.20.